The van der Waals surface area contributed by atoms with Crippen molar-refractivity contribution in [3.8, 4) is 0 Å². The molecule has 1 N–H and O–H groups in total. The Morgan fingerprint density at radius 3 is 2.44 bits per heavy atom. The number of fused-ring (bicyclic) bond motifs is 2. The Morgan fingerprint density at radius 2 is 1.85 bits per heavy atom. The van der Waals surface area contributed by atoms with Gasteiger partial charge in [-0.25, -0.2) is 9.80 Å². The summed E-state index contributed by atoms with van der Waals surface area (Å²) in [6, 6.07) is 10.6. The van der Waals surface area contributed by atoms with Crippen LogP contribution in [0.1, 0.15) is 70.3 Å². The fraction of sp³-hybridized carbons (Fsp3) is 0.652. The van der Waals surface area contributed by atoms with Gasteiger partial charge in [-0.1, -0.05) is 37.3 Å². The molecule has 1 aromatic carbocycles. The van der Waals surface area contributed by atoms with Crippen LogP contribution in [-0.2, 0) is 0 Å². The molecule has 5 rings (SSSR count). The summed E-state index contributed by atoms with van der Waals surface area (Å²) < 4.78 is 0. The number of urea groups is 1. The predicted octanol–water partition coefficient (Wildman–Crippen LogP) is 4.92. The van der Waals surface area contributed by atoms with Crippen LogP contribution in [0.15, 0.2) is 35.4 Å². The highest BCUT2D eigenvalue weighted by atomic mass is 16.2. The fourth-order valence-corrected chi connectivity index (χ4v) is 5.84. The molecule has 4 heteroatoms. The van der Waals surface area contributed by atoms with Crippen LogP contribution in [0.3, 0.4) is 0 Å². The summed E-state index contributed by atoms with van der Waals surface area (Å²) in [6.07, 6.45) is 8.62. The van der Waals surface area contributed by atoms with Crippen LogP contribution in [0.4, 0.5) is 4.79 Å². The number of hydrazone groups is 1. The zero-order chi connectivity index (χ0) is 18.6. The maximum absolute atomic E-state index is 13.2. The zero-order valence-corrected chi connectivity index (χ0v) is 16.6. The molecule has 1 heterocycles. The molecule has 0 radical (unpaired) electrons. The minimum Gasteiger partial charge on any atom is -0.331 e. The number of nitrogens with zero attached hydrogens (tertiary/aromatic N) is 2. The molecule has 2 amide bonds. The summed E-state index contributed by atoms with van der Waals surface area (Å²) >= 11 is 0. The van der Waals surface area contributed by atoms with Crippen LogP contribution in [0.2, 0.25) is 0 Å². The van der Waals surface area contributed by atoms with Crippen LogP contribution < -0.4 is 5.32 Å². The molecular formula is C23H31N3O. The van der Waals surface area contributed by atoms with Crippen LogP contribution >= 0.6 is 0 Å². The van der Waals surface area contributed by atoms with Crippen LogP contribution in [0, 0.1) is 17.3 Å². The standard InChI is InChI=1S/C23H31N3O/c1-22-12-10-18(11-13-22)23(22,2)24-21(27)26-15-19(17-6-4-3-5-7-17)20(25-26)14-16-8-9-16/h3-7,16,18-19H,8-15H2,1-2H3,(H,24,27). The first-order chi connectivity index (χ1) is 13.0. The van der Waals surface area contributed by atoms with Gasteiger partial charge in [0.2, 0.25) is 0 Å². The molecule has 2 atom stereocenters. The molecule has 1 aliphatic heterocycles. The van der Waals surface area contributed by atoms with Crippen LogP contribution in [-0.4, -0.2) is 28.8 Å². The molecule has 4 nitrogen and oxygen atoms in total. The molecule has 0 saturated heterocycles. The maximum Gasteiger partial charge on any atom is 0.338 e. The van der Waals surface area contributed by atoms with E-state index in [0.29, 0.717) is 12.5 Å². The first-order valence-corrected chi connectivity index (χ1v) is 10.7. The molecule has 0 aromatic heterocycles. The third-order valence-corrected chi connectivity index (χ3v) is 8.16. The highest BCUT2D eigenvalue weighted by molar-refractivity contribution is 5.95. The Balaban J connectivity index is 1.35. The Labute approximate surface area is 162 Å². The average molecular weight is 366 g/mol. The highest BCUT2D eigenvalue weighted by Gasteiger charge is 2.60. The van der Waals surface area contributed by atoms with Crippen molar-refractivity contribution >= 4 is 11.7 Å². The third kappa shape index (κ3) is 2.79. The topological polar surface area (TPSA) is 44.7 Å². The lowest BCUT2D eigenvalue weighted by atomic mass is 9.76. The van der Waals surface area contributed by atoms with Crippen molar-refractivity contribution in [3.05, 3.63) is 35.9 Å². The van der Waals surface area contributed by atoms with E-state index in [0.717, 1.165) is 12.3 Å². The number of rotatable bonds is 4. The molecule has 4 aliphatic rings. The number of hydrogen-bond acceptors (Lipinski definition) is 2. The van der Waals surface area contributed by atoms with E-state index < -0.39 is 0 Å². The largest absolute Gasteiger partial charge is 0.338 e. The van der Waals surface area contributed by atoms with Crippen molar-refractivity contribution in [1.82, 2.24) is 10.3 Å². The summed E-state index contributed by atoms with van der Waals surface area (Å²) in [5.74, 6) is 1.65. The van der Waals surface area contributed by atoms with Crippen molar-refractivity contribution in [1.29, 1.82) is 0 Å². The lowest BCUT2D eigenvalue weighted by Crippen LogP contribution is -2.56. The van der Waals surface area contributed by atoms with Gasteiger partial charge >= 0.3 is 6.03 Å². The Bertz CT molecular complexity index is 761. The van der Waals surface area contributed by atoms with Gasteiger partial charge in [-0.2, -0.15) is 5.10 Å². The number of carbonyl (C=O) groups is 1. The minimum atomic E-state index is -0.0822. The van der Waals surface area contributed by atoms with E-state index in [1.54, 1.807) is 5.01 Å². The molecule has 1 aromatic rings. The quantitative estimate of drug-likeness (QED) is 0.809. The molecular weight excluding hydrogens is 334 g/mol. The Morgan fingerprint density at radius 1 is 1.15 bits per heavy atom. The van der Waals surface area contributed by atoms with Gasteiger partial charge in [-0.05, 0) is 74.7 Å². The molecule has 0 spiro atoms. The normalized spacial score (nSPS) is 37.6. The number of nitrogens with one attached hydrogen (secondary N) is 1. The second-order valence-corrected chi connectivity index (χ2v) is 9.75. The fourth-order valence-electron chi connectivity index (χ4n) is 5.84. The van der Waals surface area contributed by atoms with Gasteiger partial charge in [0.25, 0.3) is 0 Å². The predicted molar refractivity (Wildman–Crippen MR) is 108 cm³/mol. The van der Waals surface area contributed by atoms with Crippen LogP contribution in [0.25, 0.3) is 0 Å². The van der Waals surface area contributed by atoms with E-state index in [1.165, 1.54) is 49.8 Å². The summed E-state index contributed by atoms with van der Waals surface area (Å²) in [4.78, 5) is 13.2. The summed E-state index contributed by atoms with van der Waals surface area (Å²) in [5, 5.41) is 10.00. The minimum absolute atomic E-state index is 0.00394. The van der Waals surface area contributed by atoms with Crippen molar-refractivity contribution < 1.29 is 4.79 Å². The summed E-state index contributed by atoms with van der Waals surface area (Å²) in [5.41, 5.74) is 2.64. The third-order valence-electron chi connectivity index (χ3n) is 8.16. The average Bonchev–Trinajstić information content (AvgIpc) is 3.26. The van der Waals surface area contributed by atoms with E-state index in [-0.39, 0.29) is 22.9 Å². The zero-order valence-electron chi connectivity index (χ0n) is 16.6. The van der Waals surface area contributed by atoms with E-state index in [2.05, 4.69) is 49.5 Å². The van der Waals surface area contributed by atoms with Gasteiger partial charge in [-0.3, -0.25) is 0 Å². The number of benzene rings is 1. The molecule has 27 heavy (non-hydrogen) atoms. The van der Waals surface area contributed by atoms with Crippen LogP contribution in [0.5, 0.6) is 0 Å². The van der Waals surface area contributed by atoms with Crippen molar-refractivity contribution in [2.45, 2.75) is 70.3 Å². The Hall–Kier alpha value is -1.84. The lowest BCUT2D eigenvalue weighted by molar-refractivity contribution is 0.148. The molecule has 3 fully saturated rings. The molecule has 2 unspecified atom stereocenters. The summed E-state index contributed by atoms with van der Waals surface area (Å²) in [7, 11) is 0. The van der Waals surface area contributed by atoms with Crippen molar-refractivity contribution in [2.75, 3.05) is 6.54 Å². The van der Waals surface area contributed by atoms with Gasteiger partial charge in [-0.15, -0.1) is 0 Å². The maximum atomic E-state index is 13.2. The first-order valence-electron chi connectivity index (χ1n) is 10.7. The van der Waals surface area contributed by atoms with Crippen molar-refractivity contribution in [3.63, 3.8) is 0 Å². The molecule has 3 aliphatic carbocycles. The van der Waals surface area contributed by atoms with Crippen molar-refractivity contribution in [2.24, 2.45) is 22.4 Å². The molecule has 144 valence electrons. The summed E-state index contributed by atoms with van der Waals surface area (Å²) in [6.45, 7) is 5.31. The SMILES string of the molecule is CC12CCC(CC1)C2(C)NC(=O)N1CC(c2ccccc2)C(CC2CC2)=N1. The van der Waals surface area contributed by atoms with E-state index in [1.807, 2.05) is 0 Å². The van der Waals surface area contributed by atoms with Gasteiger partial charge in [0.15, 0.2) is 0 Å². The molecule has 2 bridgehead atoms. The van der Waals surface area contributed by atoms with Gasteiger partial charge in [0.05, 0.1) is 6.54 Å². The van der Waals surface area contributed by atoms with E-state index in [4.69, 9.17) is 5.10 Å². The van der Waals surface area contributed by atoms with E-state index in [9.17, 15) is 4.79 Å². The number of carbonyl (C=O) groups excluding carboxylic acids is 1. The highest BCUT2D eigenvalue weighted by Crippen LogP contribution is 2.60. The molecule has 3 saturated carbocycles. The number of hydrogen-bond donors (Lipinski definition) is 1. The first kappa shape index (κ1) is 17.3. The smallest absolute Gasteiger partial charge is 0.331 e. The monoisotopic (exact) mass is 365 g/mol. The second kappa shape index (κ2) is 6.08. The Kier molecular flexibility index (Phi) is 3.89. The number of amides is 2. The van der Waals surface area contributed by atoms with Gasteiger partial charge < -0.3 is 5.32 Å². The van der Waals surface area contributed by atoms with E-state index >= 15 is 0 Å². The van der Waals surface area contributed by atoms with Gasteiger partial charge in [0.1, 0.15) is 0 Å². The second-order valence-electron chi connectivity index (χ2n) is 9.75. The lowest BCUT2D eigenvalue weighted by Gasteiger charge is -2.39. The van der Waals surface area contributed by atoms with Gasteiger partial charge in [0, 0.05) is 17.2 Å².